The Balaban J connectivity index is 3.89. The summed E-state index contributed by atoms with van der Waals surface area (Å²) in [5.74, 6) is 4.08. The minimum Gasteiger partial charge on any atom is -0.396 e. The van der Waals surface area contributed by atoms with E-state index in [1.165, 1.54) is 12.0 Å². The van der Waals surface area contributed by atoms with Gasteiger partial charge in [0.1, 0.15) is 0 Å². The molecule has 0 radical (unpaired) electrons. The van der Waals surface area contributed by atoms with Crippen molar-refractivity contribution in [3.63, 3.8) is 0 Å². The standard InChI is InChI=1S/C12H25NOS/c1-5-9-13(15(3)4)10-6-7-12(2)8-11-14/h7,14H,3,5-6,8-11H2,1-2,4H3. The Kier molecular flexibility index (Phi) is 9.06. The van der Waals surface area contributed by atoms with Gasteiger partial charge in [-0.3, -0.25) is 4.31 Å². The van der Waals surface area contributed by atoms with E-state index < -0.39 is 0 Å². The Hall–Kier alpha value is -0.120. The molecule has 90 valence electrons. The van der Waals surface area contributed by atoms with Crippen molar-refractivity contribution in [2.24, 2.45) is 0 Å². The van der Waals surface area contributed by atoms with E-state index in [0.717, 1.165) is 25.9 Å². The number of aliphatic hydroxyl groups is 1. The predicted molar refractivity (Wildman–Crippen MR) is 72.6 cm³/mol. The fourth-order valence-electron chi connectivity index (χ4n) is 1.41. The van der Waals surface area contributed by atoms with Crippen molar-refractivity contribution >= 4 is 16.5 Å². The Morgan fingerprint density at radius 2 is 2.13 bits per heavy atom. The quantitative estimate of drug-likeness (QED) is 0.513. The molecular weight excluding hydrogens is 206 g/mol. The van der Waals surface area contributed by atoms with Gasteiger partial charge in [0, 0.05) is 19.7 Å². The summed E-state index contributed by atoms with van der Waals surface area (Å²) in [6, 6.07) is 0. The molecule has 2 nitrogen and oxygen atoms in total. The van der Waals surface area contributed by atoms with Crippen LogP contribution in [0, 0.1) is 0 Å². The highest BCUT2D eigenvalue weighted by molar-refractivity contribution is 8.11. The van der Waals surface area contributed by atoms with Gasteiger partial charge in [-0.15, -0.1) is 10.7 Å². The van der Waals surface area contributed by atoms with E-state index in [9.17, 15) is 0 Å². The summed E-state index contributed by atoms with van der Waals surface area (Å²) in [7, 11) is 0.133. The zero-order chi connectivity index (χ0) is 11.7. The molecule has 1 unspecified atom stereocenters. The average molecular weight is 231 g/mol. The van der Waals surface area contributed by atoms with E-state index in [1.807, 2.05) is 0 Å². The molecule has 0 aliphatic rings. The zero-order valence-electron chi connectivity index (χ0n) is 10.3. The molecule has 0 aromatic heterocycles. The molecule has 0 bridgehead atoms. The lowest BCUT2D eigenvalue weighted by atomic mass is 10.2. The van der Waals surface area contributed by atoms with Crippen LogP contribution in [0.5, 0.6) is 0 Å². The van der Waals surface area contributed by atoms with Crippen molar-refractivity contribution in [3.8, 4) is 0 Å². The minimum absolute atomic E-state index is 0.133. The number of hydrogen-bond acceptors (Lipinski definition) is 2. The summed E-state index contributed by atoms with van der Waals surface area (Å²) in [6.45, 7) is 6.76. The summed E-state index contributed by atoms with van der Waals surface area (Å²) in [5.41, 5.74) is 1.29. The number of nitrogens with zero attached hydrogens (tertiary/aromatic N) is 1. The van der Waals surface area contributed by atoms with Crippen LogP contribution >= 0.6 is 10.7 Å². The van der Waals surface area contributed by atoms with E-state index >= 15 is 0 Å². The van der Waals surface area contributed by atoms with Crippen LogP contribution in [0.25, 0.3) is 0 Å². The Labute approximate surface area is 97.0 Å². The summed E-state index contributed by atoms with van der Waals surface area (Å²) in [6.07, 6.45) is 7.45. The van der Waals surface area contributed by atoms with Crippen molar-refractivity contribution in [2.45, 2.75) is 33.1 Å². The summed E-state index contributed by atoms with van der Waals surface area (Å²) < 4.78 is 2.42. The first-order chi connectivity index (χ1) is 7.11. The van der Waals surface area contributed by atoms with Crippen LogP contribution in [-0.4, -0.2) is 41.2 Å². The lowest BCUT2D eigenvalue weighted by molar-refractivity contribution is 0.299. The largest absolute Gasteiger partial charge is 0.396 e. The van der Waals surface area contributed by atoms with Crippen LogP contribution in [0.4, 0.5) is 0 Å². The third-order valence-electron chi connectivity index (χ3n) is 2.29. The lowest BCUT2D eigenvalue weighted by Crippen LogP contribution is -2.19. The van der Waals surface area contributed by atoms with Gasteiger partial charge in [-0.1, -0.05) is 24.4 Å². The minimum atomic E-state index is 0.133. The second-order valence-corrected chi connectivity index (χ2v) is 5.56. The van der Waals surface area contributed by atoms with E-state index in [-0.39, 0.29) is 17.3 Å². The van der Waals surface area contributed by atoms with Gasteiger partial charge in [0.2, 0.25) is 0 Å². The number of hydrogen-bond donors (Lipinski definition) is 1. The molecule has 0 saturated carbocycles. The summed E-state index contributed by atoms with van der Waals surface area (Å²) >= 11 is 0. The predicted octanol–water partition coefficient (Wildman–Crippen LogP) is 2.66. The van der Waals surface area contributed by atoms with Crippen LogP contribution in [0.3, 0.4) is 0 Å². The molecule has 0 aliphatic carbocycles. The maximum atomic E-state index is 8.76. The first-order valence-electron chi connectivity index (χ1n) is 5.59. The Bertz CT molecular complexity index is 214. The van der Waals surface area contributed by atoms with E-state index in [4.69, 9.17) is 5.11 Å². The Morgan fingerprint density at radius 1 is 1.47 bits per heavy atom. The molecule has 0 rings (SSSR count). The van der Waals surface area contributed by atoms with Crippen molar-refractivity contribution < 1.29 is 5.11 Å². The van der Waals surface area contributed by atoms with Crippen LogP contribution in [0.2, 0.25) is 0 Å². The summed E-state index contributed by atoms with van der Waals surface area (Å²) in [5, 5.41) is 8.76. The van der Waals surface area contributed by atoms with Gasteiger partial charge in [-0.25, -0.2) is 0 Å². The van der Waals surface area contributed by atoms with Gasteiger partial charge in [0.15, 0.2) is 0 Å². The van der Waals surface area contributed by atoms with Gasteiger partial charge in [-0.2, -0.15) is 0 Å². The first kappa shape index (κ1) is 14.9. The molecule has 15 heavy (non-hydrogen) atoms. The highest BCUT2D eigenvalue weighted by Crippen LogP contribution is 2.14. The molecule has 0 heterocycles. The van der Waals surface area contributed by atoms with Crippen LogP contribution in [0.15, 0.2) is 11.6 Å². The van der Waals surface area contributed by atoms with Gasteiger partial charge < -0.3 is 5.11 Å². The molecular formula is C12H25NOS. The van der Waals surface area contributed by atoms with Gasteiger partial charge >= 0.3 is 0 Å². The molecule has 1 atom stereocenters. The van der Waals surface area contributed by atoms with Crippen molar-refractivity contribution in [2.75, 3.05) is 26.0 Å². The number of rotatable bonds is 8. The highest BCUT2D eigenvalue weighted by Gasteiger charge is 2.01. The zero-order valence-corrected chi connectivity index (χ0v) is 11.1. The maximum Gasteiger partial charge on any atom is 0.0468 e. The lowest BCUT2D eigenvalue weighted by Gasteiger charge is -2.21. The second-order valence-electron chi connectivity index (χ2n) is 3.84. The van der Waals surface area contributed by atoms with Crippen molar-refractivity contribution in [3.05, 3.63) is 11.6 Å². The smallest absolute Gasteiger partial charge is 0.0468 e. The van der Waals surface area contributed by atoms with Crippen LogP contribution in [0.1, 0.15) is 33.1 Å². The molecule has 3 heteroatoms. The average Bonchev–Trinajstić information content (AvgIpc) is 2.16. The molecule has 0 spiro atoms. The Morgan fingerprint density at radius 3 is 2.60 bits per heavy atom. The fraction of sp³-hybridized carbons (Fsp3) is 0.750. The molecule has 0 aromatic rings. The summed E-state index contributed by atoms with van der Waals surface area (Å²) in [4.78, 5) is 0. The van der Waals surface area contributed by atoms with Crippen molar-refractivity contribution in [1.82, 2.24) is 4.31 Å². The van der Waals surface area contributed by atoms with Gasteiger partial charge in [0.05, 0.1) is 0 Å². The molecule has 0 fully saturated rings. The van der Waals surface area contributed by atoms with Crippen LogP contribution in [-0.2, 0) is 0 Å². The third kappa shape index (κ3) is 7.77. The topological polar surface area (TPSA) is 23.5 Å². The monoisotopic (exact) mass is 231 g/mol. The van der Waals surface area contributed by atoms with Gasteiger partial charge in [-0.05, 0) is 32.4 Å². The maximum absolute atomic E-state index is 8.76. The van der Waals surface area contributed by atoms with E-state index in [0.29, 0.717) is 0 Å². The van der Waals surface area contributed by atoms with E-state index in [2.05, 4.69) is 36.4 Å². The third-order valence-corrected chi connectivity index (χ3v) is 3.54. The highest BCUT2D eigenvalue weighted by atomic mass is 32.2. The van der Waals surface area contributed by atoms with Gasteiger partial charge in [0.25, 0.3) is 0 Å². The number of aliphatic hydroxyl groups excluding tert-OH is 1. The molecule has 0 aliphatic heterocycles. The van der Waals surface area contributed by atoms with E-state index in [1.54, 1.807) is 0 Å². The molecule has 0 amide bonds. The first-order valence-corrected chi connectivity index (χ1v) is 7.34. The van der Waals surface area contributed by atoms with Crippen molar-refractivity contribution in [1.29, 1.82) is 0 Å². The SMILES string of the molecule is C=S(C)N(CCC)CCC=C(C)CCO. The molecule has 0 saturated heterocycles. The van der Waals surface area contributed by atoms with Crippen LogP contribution < -0.4 is 0 Å². The second kappa shape index (κ2) is 9.13. The normalized spacial score (nSPS) is 14.6. The fourth-order valence-corrected chi connectivity index (χ4v) is 2.32. The molecule has 0 aromatic carbocycles. The molecule has 1 N–H and O–H groups in total.